The number of aliphatic hydroxyl groups is 2. The molecule has 0 fully saturated rings. The first-order valence-electron chi connectivity index (χ1n) is 6.04. The molecule has 0 bridgehead atoms. The molecule has 0 unspecified atom stereocenters. The molecule has 0 saturated heterocycles. The molecular weight excluding hydrogens is 246 g/mol. The molecule has 0 saturated carbocycles. The second-order valence-electron chi connectivity index (χ2n) is 3.88. The smallest absolute Gasteiger partial charge is 0.330 e. The largest absolute Gasteiger partial charge is 0.466 e. The number of rotatable bonds is 7. The van der Waals surface area contributed by atoms with E-state index in [1.165, 1.54) is 13.2 Å². The summed E-state index contributed by atoms with van der Waals surface area (Å²) in [6.07, 6.45) is 3.02. The van der Waals surface area contributed by atoms with Crippen LogP contribution < -0.4 is 4.90 Å². The minimum absolute atomic E-state index is 0.0317. The third kappa shape index (κ3) is 5.11. The van der Waals surface area contributed by atoms with Gasteiger partial charge in [-0.1, -0.05) is 12.1 Å². The molecule has 5 heteroatoms. The lowest BCUT2D eigenvalue weighted by molar-refractivity contribution is -0.134. The standard InChI is InChI=1S/C14H19NO4/c1-19-14(18)7-4-12-2-5-13(6-3-12)15(8-10-16)9-11-17/h2-7,16-17H,8-11H2,1H3/b7-4+. The third-order valence-electron chi connectivity index (χ3n) is 2.61. The Morgan fingerprint density at radius 1 is 1.21 bits per heavy atom. The van der Waals surface area contributed by atoms with Gasteiger partial charge in [0.05, 0.1) is 20.3 Å². The Kier molecular flexibility index (Phi) is 6.63. The van der Waals surface area contributed by atoms with Gasteiger partial charge in [-0.3, -0.25) is 0 Å². The first-order chi connectivity index (χ1) is 9.21. The van der Waals surface area contributed by atoms with Gasteiger partial charge in [0.2, 0.25) is 0 Å². The minimum Gasteiger partial charge on any atom is -0.466 e. The Morgan fingerprint density at radius 3 is 2.26 bits per heavy atom. The molecule has 0 aliphatic rings. The van der Waals surface area contributed by atoms with Gasteiger partial charge >= 0.3 is 5.97 Å². The molecule has 1 aromatic carbocycles. The van der Waals surface area contributed by atoms with Crippen molar-refractivity contribution in [1.29, 1.82) is 0 Å². The maximum absolute atomic E-state index is 11.0. The van der Waals surface area contributed by atoms with Crippen LogP contribution in [-0.4, -0.2) is 49.6 Å². The summed E-state index contributed by atoms with van der Waals surface area (Å²) in [6.45, 7) is 1.00. The van der Waals surface area contributed by atoms with Crippen molar-refractivity contribution >= 4 is 17.7 Å². The lowest BCUT2D eigenvalue weighted by atomic mass is 10.2. The van der Waals surface area contributed by atoms with E-state index in [0.717, 1.165) is 11.3 Å². The zero-order valence-corrected chi connectivity index (χ0v) is 11.0. The first-order valence-corrected chi connectivity index (χ1v) is 6.04. The molecule has 0 spiro atoms. The normalized spacial score (nSPS) is 10.7. The molecule has 1 rings (SSSR count). The van der Waals surface area contributed by atoms with Crippen LogP contribution in [0.2, 0.25) is 0 Å². The van der Waals surface area contributed by atoms with E-state index >= 15 is 0 Å². The van der Waals surface area contributed by atoms with E-state index in [1.807, 2.05) is 29.2 Å². The highest BCUT2D eigenvalue weighted by Gasteiger charge is 2.04. The summed E-state index contributed by atoms with van der Waals surface area (Å²) in [6, 6.07) is 7.47. The number of nitrogens with zero attached hydrogens (tertiary/aromatic N) is 1. The van der Waals surface area contributed by atoms with Gasteiger partial charge in [-0.2, -0.15) is 0 Å². The molecule has 0 amide bonds. The van der Waals surface area contributed by atoms with Crippen LogP contribution in [0.15, 0.2) is 30.3 Å². The first kappa shape index (κ1) is 15.2. The number of aliphatic hydroxyl groups excluding tert-OH is 2. The Morgan fingerprint density at radius 2 is 1.79 bits per heavy atom. The van der Waals surface area contributed by atoms with Crippen molar-refractivity contribution < 1.29 is 19.7 Å². The minimum atomic E-state index is -0.397. The fraction of sp³-hybridized carbons (Fsp3) is 0.357. The predicted octanol–water partition coefficient (Wildman–Crippen LogP) is 0.664. The second kappa shape index (κ2) is 8.29. The van der Waals surface area contributed by atoms with Crippen LogP contribution in [0, 0.1) is 0 Å². The molecule has 0 heterocycles. The zero-order valence-electron chi connectivity index (χ0n) is 11.0. The summed E-state index contributed by atoms with van der Waals surface area (Å²) in [5.41, 5.74) is 1.79. The maximum Gasteiger partial charge on any atom is 0.330 e. The van der Waals surface area contributed by atoms with Crippen LogP contribution in [0.25, 0.3) is 6.08 Å². The summed E-state index contributed by atoms with van der Waals surface area (Å²) in [5, 5.41) is 17.9. The van der Waals surface area contributed by atoms with Crippen molar-refractivity contribution in [2.45, 2.75) is 0 Å². The molecule has 0 aromatic heterocycles. The highest BCUT2D eigenvalue weighted by atomic mass is 16.5. The third-order valence-corrected chi connectivity index (χ3v) is 2.61. The number of hydrogen-bond donors (Lipinski definition) is 2. The topological polar surface area (TPSA) is 70.0 Å². The van der Waals surface area contributed by atoms with Crippen molar-refractivity contribution in [3.8, 4) is 0 Å². The van der Waals surface area contributed by atoms with E-state index in [-0.39, 0.29) is 13.2 Å². The fourth-order valence-corrected chi connectivity index (χ4v) is 1.64. The van der Waals surface area contributed by atoms with Crippen LogP contribution in [0.3, 0.4) is 0 Å². The van der Waals surface area contributed by atoms with E-state index in [4.69, 9.17) is 10.2 Å². The number of hydrogen-bond acceptors (Lipinski definition) is 5. The highest BCUT2D eigenvalue weighted by molar-refractivity contribution is 5.86. The van der Waals surface area contributed by atoms with Crippen molar-refractivity contribution in [2.75, 3.05) is 38.3 Å². The average molecular weight is 265 g/mol. The number of esters is 1. The van der Waals surface area contributed by atoms with Gasteiger partial charge < -0.3 is 19.8 Å². The Labute approximate surface area is 112 Å². The number of carbonyl (C=O) groups is 1. The zero-order chi connectivity index (χ0) is 14.1. The molecule has 104 valence electrons. The van der Waals surface area contributed by atoms with Crippen molar-refractivity contribution in [3.05, 3.63) is 35.9 Å². The average Bonchev–Trinajstić information content (AvgIpc) is 2.45. The molecular formula is C14H19NO4. The van der Waals surface area contributed by atoms with Crippen molar-refractivity contribution in [1.82, 2.24) is 0 Å². The lowest BCUT2D eigenvalue weighted by Gasteiger charge is -2.22. The summed E-state index contributed by atoms with van der Waals surface area (Å²) in [7, 11) is 1.33. The van der Waals surface area contributed by atoms with Crippen LogP contribution in [0.1, 0.15) is 5.56 Å². The lowest BCUT2D eigenvalue weighted by Crippen LogP contribution is -2.29. The molecule has 19 heavy (non-hydrogen) atoms. The Bertz CT molecular complexity index is 408. The van der Waals surface area contributed by atoms with E-state index in [0.29, 0.717) is 13.1 Å². The molecule has 0 radical (unpaired) electrons. The van der Waals surface area contributed by atoms with Crippen LogP contribution >= 0.6 is 0 Å². The molecule has 0 atom stereocenters. The monoisotopic (exact) mass is 265 g/mol. The molecule has 2 N–H and O–H groups in total. The summed E-state index contributed by atoms with van der Waals surface area (Å²) in [5.74, 6) is -0.397. The van der Waals surface area contributed by atoms with E-state index in [1.54, 1.807) is 6.08 Å². The van der Waals surface area contributed by atoms with Crippen molar-refractivity contribution in [3.63, 3.8) is 0 Å². The summed E-state index contributed by atoms with van der Waals surface area (Å²) >= 11 is 0. The van der Waals surface area contributed by atoms with E-state index in [9.17, 15) is 4.79 Å². The van der Waals surface area contributed by atoms with Crippen LogP contribution in [0.4, 0.5) is 5.69 Å². The summed E-state index contributed by atoms with van der Waals surface area (Å²) < 4.78 is 4.51. The SMILES string of the molecule is COC(=O)/C=C/c1ccc(N(CCO)CCO)cc1. The Hall–Kier alpha value is -1.85. The number of methoxy groups -OCH3 is 1. The highest BCUT2D eigenvalue weighted by Crippen LogP contribution is 2.15. The van der Waals surface area contributed by atoms with Gasteiger partial charge in [0.15, 0.2) is 0 Å². The fourth-order valence-electron chi connectivity index (χ4n) is 1.64. The molecule has 0 aliphatic carbocycles. The van der Waals surface area contributed by atoms with Gasteiger partial charge in [-0.15, -0.1) is 0 Å². The number of anilines is 1. The van der Waals surface area contributed by atoms with Gasteiger partial charge in [0, 0.05) is 24.9 Å². The van der Waals surface area contributed by atoms with Gasteiger partial charge in [0.1, 0.15) is 0 Å². The maximum atomic E-state index is 11.0. The van der Waals surface area contributed by atoms with Crippen LogP contribution in [-0.2, 0) is 9.53 Å². The summed E-state index contributed by atoms with van der Waals surface area (Å²) in [4.78, 5) is 12.8. The Balaban J connectivity index is 2.73. The van der Waals surface area contributed by atoms with Gasteiger partial charge in [-0.05, 0) is 23.8 Å². The van der Waals surface area contributed by atoms with Gasteiger partial charge in [0.25, 0.3) is 0 Å². The predicted molar refractivity (Wildman–Crippen MR) is 73.9 cm³/mol. The quantitative estimate of drug-likeness (QED) is 0.560. The van der Waals surface area contributed by atoms with E-state index < -0.39 is 5.97 Å². The van der Waals surface area contributed by atoms with E-state index in [2.05, 4.69) is 4.74 Å². The van der Waals surface area contributed by atoms with Crippen LogP contribution in [0.5, 0.6) is 0 Å². The number of carbonyl (C=O) groups excluding carboxylic acids is 1. The van der Waals surface area contributed by atoms with Crippen molar-refractivity contribution in [2.24, 2.45) is 0 Å². The number of benzene rings is 1. The van der Waals surface area contributed by atoms with Gasteiger partial charge in [-0.25, -0.2) is 4.79 Å². The second-order valence-corrected chi connectivity index (χ2v) is 3.88. The molecule has 0 aliphatic heterocycles. The molecule has 5 nitrogen and oxygen atoms in total. The number of ether oxygens (including phenoxy) is 1. The molecule has 1 aromatic rings.